The molecule has 3 rings (SSSR count). The molecule has 0 aliphatic rings. The van der Waals surface area contributed by atoms with Crippen molar-refractivity contribution in [2.75, 3.05) is 0 Å². The van der Waals surface area contributed by atoms with E-state index in [0.29, 0.717) is 12.4 Å². The molecule has 1 aromatic carbocycles. The minimum Gasteiger partial charge on any atom is -0.325 e. The lowest BCUT2D eigenvalue weighted by Crippen LogP contribution is -2.04. The van der Waals surface area contributed by atoms with Gasteiger partial charge in [-0.2, -0.15) is 0 Å². The van der Waals surface area contributed by atoms with E-state index in [1.807, 2.05) is 43.3 Å². The van der Waals surface area contributed by atoms with E-state index in [4.69, 9.17) is 5.73 Å². The summed E-state index contributed by atoms with van der Waals surface area (Å²) < 4.78 is 0.879. The monoisotopic (exact) mass is 328 g/mol. The first-order valence-electron chi connectivity index (χ1n) is 6.27. The average Bonchev–Trinajstić information content (AvgIpc) is 2.45. The van der Waals surface area contributed by atoms with Crippen LogP contribution in [0.5, 0.6) is 0 Å². The molecule has 0 bridgehead atoms. The highest BCUT2D eigenvalue weighted by Gasteiger charge is 2.11. The van der Waals surface area contributed by atoms with E-state index < -0.39 is 0 Å². The molecule has 0 aliphatic heterocycles. The number of aromatic nitrogens is 3. The van der Waals surface area contributed by atoms with E-state index in [9.17, 15) is 0 Å². The third kappa shape index (κ3) is 2.42. The number of nitrogens with zero attached hydrogens (tertiary/aromatic N) is 3. The highest BCUT2D eigenvalue weighted by atomic mass is 79.9. The largest absolute Gasteiger partial charge is 0.325 e. The molecule has 0 saturated carbocycles. The van der Waals surface area contributed by atoms with Crippen molar-refractivity contribution in [1.29, 1.82) is 0 Å². The molecule has 100 valence electrons. The van der Waals surface area contributed by atoms with Crippen LogP contribution in [0.1, 0.15) is 11.4 Å². The number of benzene rings is 1. The van der Waals surface area contributed by atoms with Gasteiger partial charge in [0.1, 0.15) is 5.69 Å². The van der Waals surface area contributed by atoms with Gasteiger partial charge in [-0.25, -0.2) is 15.0 Å². The first-order valence-corrected chi connectivity index (χ1v) is 7.07. The summed E-state index contributed by atoms with van der Waals surface area (Å²) in [7, 11) is 0. The molecule has 0 radical (unpaired) electrons. The lowest BCUT2D eigenvalue weighted by molar-refractivity contribution is 0.949. The maximum atomic E-state index is 5.67. The zero-order valence-electron chi connectivity index (χ0n) is 11.0. The van der Waals surface area contributed by atoms with Crippen molar-refractivity contribution < 1.29 is 0 Å². The van der Waals surface area contributed by atoms with Crippen LogP contribution in [-0.2, 0) is 6.54 Å². The van der Waals surface area contributed by atoms with Gasteiger partial charge in [-0.05, 0) is 41.1 Å². The standard InChI is InChI=1S/C15H13BrN4/c1-9-6-11(8-17)19-15(18-9)14-12(16)7-10-4-2-3-5-13(10)20-14/h2-7H,8,17H2,1H3. The molecule has 0 atom stereocenters. The Kier molecular flexibility index (Phi) is 3.46. The fourth-order valence-electron chi connectivity index (χ4n) is 2.09. The summed E-state index contributed by atoms with van der Waals surface area (Å²) in [6.45, 7) is 2.32. The van der Waals surface area contributed by atoms with E-state index in [1.165, 1.54) is 0 Å². The van der Waals surface area contributed by atoms with E-state index in [1.54, 1.807) is 0 Å². The lowest BCUT2D eigenvalue weighted by atomic mass is 10.2. The lowest BCUT2D eigenvalue weighted by Gasteiger charge is -2.07. The molecule has 0 aliphatic carbocycles. The summed E-state index contributed by atoms with van der Waals surface area (Å²) in [5, 5.41) is 1.08. The van der Waals surface area contributed by atoms with Crippen LogP contribution in [-0.4, -0.2) is 15.0 Å². The molecule has 2 aromatic heterocycles. The normalized spacial score (nSPS) is 10.9. The Morgan fingerprint density at radius 3 is 2.70 bits per heavy atom. The zero-order valence-corrected chi connectivity index (χ0v) is 12.6. The Hall–Kier alpha value is -1.85. The highest BCUT2D eigenvalue weighted by molar-refractivity contribution is 9.10. The number of pyridine rings is 1. The molecule has 20 heavy (non-hydrogen) atoms. The first kappa shape index (κ1) is 13.1. The number of hydrogen-bond donors (Lipinski definition) is 1. The highest BCUT2D eigenvalue weighted by Crippen LogP contribution is 2.27. The molecule has 2 N–H and O–H groups in total. The summed E-state index contributed by atoms with van der Waals surface area (Å²) in [6, 6.07) is 11.9. The van der Waals surface area contributed by atoms with Crippen molar-refractivity contribution in [2.24, 2.45) is 5.73 Å². The van der Waals surface area contributed by atoms with Gasteiger partial charge in [0, 0.05) is 22.1 Å². The van der Waals surface area contributed by atoms with E-state index in [0.717, 1.165) is 32.5 Å². The average molecular weight is 329 g/mol. The van der Waals surface area contributed by atoms with Crippen molar-refractivity contribution in [2.45, 2.75) is 13.5 Å². The predicted molar refractivity (Wildman–Crippen MR) is 83.1 cm³/mol. The van der Waals surface area contributed by atoms with Crippen molar-refractivity contribution in [3.63, 3.8) is 0 Å². The number of rotatable bonds is 2. The number of nitrogens with two attached hydrogens (primary N) is 1. The Morgan fingerprint density at radius 1 is 1.10 bits per heavy atom. The molecule has 0 amide bonds. The summed E-state index contributed by atoms with van der Waals surface area (Å²) >= 11 is 3.55. The van der Waals surface area contributed by atoms with Crippen LogP contribution in [0.3, 0.4) is 0 Å². The van der Waals surface area contributed by atoms with Crippen LogP contribution in [0.4, 0.5) is 0 Å². The zero-order chi connectivity index (χ0) is 14.1. The van der Waals surface area contributed by atoms with Crippen molar-refractivity contribution in [1.82, 2.24) is 15.0 Å². The Balaban J connectivity index is 2.23. The predicted octanol–water partition coefficient (Wildman–Crippen LogP) is 3.22. The molecule has 0 spiro atoms. The second kappa shape index (κ2) is 5.26. The molecule has 0 unspecified atom stereocenters. The quantitative estimate of drug-likeness (QED) is 0.784. The second-order valence-corrected chi connectivity index (χ2v) is 5.39. The molecule has 0 fully saturated rings. The van der Waals surface area contributed by atoms with Gasteiger partial charge in [-0.1, -0.05) is 18.2 Å². The number of aryl methyl sites for hydroxylation is 1. The fraction of sp³-hybridized carbons (Fsp3) is 0.133. The maximum Gasteiger partial charge on any atom is 0.179 e. The van der Waals surface area contributed by atoms with Crippen LogP contribution in [0.2, 0.25) is 0 Å². The summed E-state index contributed by atoms with van der Waals surface area (Å²) in [5.41, 5.74) is 9.03. The minimum absolute atomic E-state index is 0.390. The van der Waals surface area contributed by atoms with Crippen molar-refractivity contribution >= 4 is 26.8 Å². The van der Waals surface area contributed by atoms with Crippen molar-refractivity contribution in [3.8, 4) is 11.5 Å². The van der Waals surface area contributed by atoms with E-state index in [-0.39, 0.29) is 0 Å². The van der Waals surface area contributed by atoms with Crippen LogP contribution >= 0.6 is 15.9 Å². The third-order valence-corrected chi connectivity index (χ3v) is 3.61. The number of halogens is 1. The van der Waals surface area contributed by atoms with Gasteiger partial charge < -0.3 is 5.73 Å². The number of hydrogen-bond acceptors (Lipinski definition) is 4. The first-order chi connectivity index (χ1) is 9.67. The topological polar surface area (TPSA) is 64.7 Å². The second-order valence-electron chi connectivity index (χ2n) is 4.54. The molecular formula is C15H13BrN4. The van der Waals surface area contributed by atoms with Crippen LogP contribution in [0.15, 0.2) is 40.9 Å². The molecule has 5 heteroatoms. The number of para-hydroxylation sites is 1. The SMILES string of the molecule is Cc1cc(CN)nc(-c2nc3ccccc3cc2Br)n1. The third-order valence-electron chi connectivity index (χ3n) is 3.01. The van der Waals surface area contributed by atoms with Crippen LogP contribution in [0.25, 0.3) is 22.4 Å². The van der Waals surface area contributed by atoms with Gasteiger partial charge in [-0.3, -0.25) is 0 Å². The molecule has 3 aromatic rings. The smallest absolute Gasteiger partial charge is 0.179 e. The minimum atomic E-state index is 0.390. The van der Waals surface area contributed by atoms with Gasteiger partial charge in [0.15, 0.2) is 5.82 Å². The Morgan fingerprint density at radius 2 is 1.90 bits per heavy atom. The molecular weight excluding hydrogens is 316 g/mol. The summed E-state index contributed by atoms with van der Waals surface area (Å²) in [6.07, 6.45) is 0. The molecule has 2 heterocycles. The molecule has 0 saturated heterocycles. The van der Waals surface area contributed by atoms with Gasteiger partial charge in [-0.15, -0.1) is 0 Å². The number of fused-ring (bicyclic) bond motifs is 1. The maximum absolute atomic E-state index is 5.67. The Labute approximate surface area is 125 Å². The van der Waals surface area contributed by atoms with Crippen LogP contribution < -0.4 is 5.73 Å². The summed E-state index contributed by atoms with van der Waals surface area (Å²) in [5.74, 6) is 0.600. The van der Waals surface area contributed by atoms with Crippen molar-refractivity contribution in [3.05, 3.63) is 52.3 Å². The summed E-state index contributed by atoms with van der Waals surface area (Å²) in [4.78, 5) is 13.6. The van der Waals surface area contributed by atoms with E-state index >= 15 is 0 Å². The fourth-order valence-corrected chi connectivity index (χ4v) is 2.60. The molecule has 4 nitrogen and oxygen atoms in total. The van der Waals surface area contributed by atoms with Gasteiger partial charge in [0.25, 0.3) is 0 Å². The van der Waals surface area contributed by atoms with Gasteiger partial charge >= 0.3 is 0 Å². The van der Waals surface area contributed by atoms with Gasteiger partial charge in [0.05, 0.1) is 11.2 Å². The Bertz CT molecular complexity index is 786. The van der Waals surface area contributed by atoms with E-state index in [2.05, 4.69) is 30.9 Å². The van der Waals surface area contributed by atoms with Gasteiger partial charge in [0.2, 0.25) is 0 Å². The van der Waals surface area contributed by atoms with Crippen LogP contribution in [0, 0.1) is 6.92 Å².